The summed E-state index contributed by atoms with van der Waals surface area (Å²) in [5.74, 6) is -1.76. The summed E-state index contributed by atoms with van der Waals surface area (Å²) in [6.45, 7) is 7.27. The Morgan fingerprint density at radius 2 is 1.25 bits per heavy atom. The van der Waals surface area contributed by atoms with Gasteiger partial charge in [0.1, 0.15) is 11.0 Å². The van der Waals surface area contributed by atoms with E-state index in [1.165, 1.54) is 25.8 Å². The highest BCUT2D eigenvalue weighted by atomic mass is 16.3. The van der Waals surface area contributed by atoms with Crippen LogP contribution in [0.25, 0.3) is 0 Å². The summed E-state index contributed by atoms with van der Waals surface area (Å²) in [7, 11) is 1.29. The average Bonchev–Trinajstić information content (AvgIpc) is 2.91. The van der Waals surface area contributed by atoms with Gasteiger partial charge in [0.15, 0.2) is 0 Å². The van der Waals surface area contributed by atoms with Gasteiger partial charge in [-0.15, -0.1) is 0 Å². The van der Waals surface area contributed by atoms with Crippen LogP contribution < -0.4 is 0 Å². The zero-order chi connectivity index (χ0) is 24.6. The van der Waals surface area contributed by atoms with E-state index in [1.54, 1.807) is 20.8 Å². The van der Waals surface area contributed by atoms with Gasteiger partial charge in [0.25, 0.3) is 5.91 Å². The Morgan fingerprint density at radius 3 is 1.75 bits per heavy atom. The van der Waals surface area contributed by atoms with Crippen LogP contribution in [0.5, 0.6) is 0 Å². The molecule has 2 N–H and O–H groups in total. The second kappa shape index (κ2) is 9.14. The maximum atomic E-state index is 13.1. The molecule has 0 aromatic heterocycles. The van der Waals surface area contributed by atoms with Gasteiger partial charge in [-0.25, -0.2) is 9.59 Å². The molecule has 2 aliphatic rings. The molecule has 2 unspecified atom stereocenters. The number of nitrogens with zero attached hydrogens (tertiary/aromatic N) is 4. The molecule has 2 aliphatic heterocycles. The molecule has 0 aromatic carbocycles. The molecule has 0 aliphatic carbocycles. The van der Waals surface area contributed by atoms with E-state index in [0.29, 0.717) is 6.42 Å². The predicted octanol–water partition coefficient (Wildman–Crippen LogP) is 0.388. The van der Waals surface area contributed by atoms with Crippen LogP contribution in [0.2, 0.25) is 0 Å². The van der Waals surface area contributed by atoms with Gasteiger partial charge < -0.3 is 15.1 Å². The summed E-state index contributed by atoms with van der Waals surface area (Å²) >= 11 is 0. The molecule has 0 radical (unpaired) electrons. The summed E-state index contributed by atoms with van der Waals surface area (Å²) in [6, 6.07) is -1.50. The number of barbiturate groups is 1. The van der Waals surface area contributed by atoms with Crippen molar-refractivity contribution >= 4 is 29.8 Å². The quantitative estimate of drug-likeness (QED) is 0.379. The first-order chi connectivity index (χ1) is 14.8. The highest BCUT2D eigenvalue weighted by molar-refractivity contribution is 6.18. The first-order valence-electron chi connectivity index (χ1n) is 10.9. The molecule has 32 heavy (non-hydrogen) atoms. The minimum Gasteiger partial charge on any atom is -0.391 e. The second-order valence-electron chi connectivity index (χ2n) is 8.94. The zero-order valence-corrected chi connectivity index (χ0v) is 19.6. The van der Waals surface area contributed by atoms with Crippen molar-refractivity contribution in [2.45, 2.75) is 71.6 Å². The van der Waals surface area contributed by atoms with Crippen LogP contribution in [-0.4, -0.2) is 104 Å². The van der Waals surface area contributed by atoms with Crippen molar-refractivity contribution in [3.8, 4) is 0 Å². The normalized spacial score (nSPS) is 22.8. The van der Waals surface area contributed by atoms with Crippen molar-refractivity contribution in [2.24, 2.45) is 5.41 Å². The van der Waals surface area contributed by atoms with E-state index in [-0.39, 0.29) is 25.9 Å². The maximum Gasteiger partial charge on any atom is 0.333 e. The number of imide groups is 3. The monoisotopic (exact) mass is 454 g/mol. The van der Waals surface area contributed by atoms with Crippen LogP contribution in [0.3, 0.4) is 0 Å². The lowest BCUT2D eigenvalue weighted by atomic mass is 9.78. The third kappa shape index (κ3) is 3.99. The number of amides is 7. The molecule has 180 valence electrons. The first-order valence-corrected chi connectivity index (χ1v) is 10.9. The Labute approximate surface area is 187 Å². The molecule has 0 saturated carbocycles. The van der Waals surface area contributed by atoms with Gasteiger partial charge in [-0.1, -0.05) is 20.8 Å². The zero-order valence-electron chi connectivity index (χ0n) is 19.6. The van der Waals surface area contributed by atoms with E-state index in [1.807, 2.05) is 0 Å². The van der Waals surface area contributed by atoms with E-state index in [2.05, 4.69) is 0 Å². The Kier molecular flexibility index (Phi) is 7.35. The highest BCUT2D eigenvalue weighted by Gasteiger charge is 2.55. The van der Waals surface area contributed by atoms with Crippen molar-refractivity contribution in [1.29, 1.82) is 0 Å². The Bertz CT molecular complexity index is 808. The smallest absolute Gasteiger partial charge is 0.333 e. The fourth-order valence-electron chi connectivity index (χ4n) is 4.25. The summed E-state index contributed by atoms with van der Waals surface area (Å²) in [5, 5.41) is 20.6. The van der Waals surface area contributed by atoms with Crippen molar-refractivity contribution in [1.82, 2.24) is 19.6 Å². The van der Waals surface area contributed by atoms with Crippen LogP contribution in [0.1, 0.15) is 53.9 Å². The number of rotatable bonds is 9. The molecule has 2 atom stereocenters. The largest absolute Gasteiger partial charge is 0.391 e. The van der Waals surface area contributed by atoms with Crippen LogP contribution in [0.15, 0.2) is 0 Å². The number of carbonyl (C=O) groups excluding carboxylic acids is 5. The number of urea groups is 2. The molecule has 0 aromatic rings. The standard InChI is InChI=1S/C21H34N4O7/c1-7-13(26)10-23-15(28)20(4,5)25(19(23)32)12-14(27)11-24-17(30)21(8-2,9-3)16(29)22(6)18(24)31/h13-14,26-27H,7-12H2,1-6H3. The van der Waals surface area contributed by atoms with Crippen LogP contribution in [0.4, 0.5) is 9.59 Å². The molecule has 2 rings (SSSR count). The van der Waals surface area contributed by atoms with Crippen molar-refractivity contribution in [3.63, 3.8) is 0 Å². The minimum atomic E-state index is -1.38. The summed E-state index contributed by atoms with van der Waals surface area (Å²) in [4.78, 5) is 67.7. The summed E-state index contributed by atoms with van der Waals surface area (Å²) in [6.07, 6.45) is -1.44. The second-order valence-corrected chi connectivity index (χ2v) is 8.94. The van der Waals surface area contributed by atoms with E-state index in [9.17, 15) is 34.2 Å². The van der Waals surface area contributed by atoms with Crippen LogP contribution in [0, 0.1) is 5.41 Å². The lowest BCUT2D eigenvalue weighted by Crippen LogP contribution is -2.65. The van der Waals surface area contributed by atoms with Crippen LogP contribution >= 0.6 is 0 Å². The first kappa shape index (κ1) is 25.7. The van der Waals surface area contributed by atoms with Crippen LogP contribution in [-0.2, 0) is 14.4 Å². The molecular formula is C21H34N4O7. The maximum absolute atomic E-state index is 13.1. The number of carbonyl (C=O) groups is 5. The highest BCUT2D eigenvalue weighted by Crippen LogP contribution is 2.36. The van der Waals surface area contributed by atoms with Gasteiger partial charge in [-0.3, -0.25) is 29.1 Å². The Balaban J connectivity index is 2.22. The SMILES string of the molecule is CCC(O)CN1C(=O)N(CC(O)CN2C(=O)N(C)C(=O)C(CC)(CC)C2=O)C(C)(C)C1=O. The third-order valence-corrected chi connectivity index (χ3v) is 6.65. The van der Waals surface area contributed by atoms with Gasteiger partial charge in [-0.05, 0) is 33.1 Å². The van der Waals surface area contributed by atoms with Gasteiger partial charge >= 0.3 is 12.1 Å². The minimum absolute atomic E-state index is 0.157. The molecule has 2 fully saturated rings. The fourth-order valence-corrected chi connectivity index (χ4v) is 4.25. The number of aliphatic hydroxyl groups is 2. The van der Waals surface area contributed by atoms with Gasteiger partial charge in [0.2, 0.25) is 11.8 Å². The Hall–Kier alpha value is -2.53. The molecule has 0 spiro atoms. The number of hydrogen-bond donors (Lipinski definition) is 2. The molecule has 2 heterocycles. The van der Waals surface area contributed by atoms with Crippen molar-refractivity contribution in [2.75, 3.05) is 26.7 Å². The van der Waals surface area contributed by atoms with E-state index < -0.39 is 59.5 Å². The van der Waals surface area contributed by atoms with E-state index >= 15 is 0 Å². The average molecular weight is 455 g/mol. The van der Waals surface area contributed by atoms with E-state index in [4.69, 9.17) is 0 Å². The fraction of sp³-hybridized carbons (Fsp3) is 0.762. The molecular weight excluding hydrogens is 420 g/mol. The topological polar surface area (TPSA) is 139 Å². The number of aliphatic hydroxyl groups excluding tert-OH is 2. The van der Waals surface area contributed by atoms with Gasteiger partial charge in [0, 0.05) is 7.05 Å². The summed E-state index contributed by atoms with van der Waals surface area (Å²) < 4.78 is 0. The third-order valence-electron chi connectivity index (χ3n) is 6.65. The Morgan fingerprint density at radius 1 is 0.750 bits per heavy atom. The lowest BCUT2D eigenvalue weighted by Gasteiger charge is -2.43. The molecule has 0 bridgehead atoms. The molecule has 7 amide bonds. The number of hydrogen-bond acceptors (Lipinski definition) is 7. The lowest BCUT2D eigenvalue weighted by molar-refractivity contribution is -0.159. The number of β-amino-alcohol motifs (C(OH)–C–C–N with tert-alkyl or cyclic N) is 2. The predicted molar refractivity (Wildman–Crippen MR) is 113 cm³/mol. The summed E-state index contributed by atoms with van der Waals surface area (Å²) in [5.41, 5.74) is -2.65. The van der Waals surface area contributed by atoms with Gasteiger partial charge in [0.05, 0.1) is 31.8 Å². The molecule has 2 saturated heterocycles. The van der Waals surface area contributed by atoms with Crippen molar-refractivity contribution < 1.29 is 34.2 Å². The van der Waals surface area contributed by atoms with E-state index in [0.717, 1.165) is 14.7 Å². The van der Waals surface area contributed by atoms with Crippen molar-refractivity contribution in [3.05, 3.63) is 0 Å². The molecule has 11 heteroatoms. The molecule has 11 nitrogen and oxygen atoms in total. The van der Waals surface area contributed by atoms with Gasteiger partial charge in [-0.2, -0.15) is 0 Å².